The van der Waals surface area contributed by atoms with Crippen molar-refractivity contribution >= 4 is 11.4 Å². The van der Waals surface area contributed by atoms with Crippen LogP contribution in [-0.2, 0) is 0 Å². The Bertz CT molecular complexity index is 163. The minimum absolute atomic E-state index is 0.528. The lowest BCUT2D eigenvalue weighted by Gasteiger charge is -1.98. The predicted octanol–water partition coefficient (Wildman–Crippen LogP) is 0.646. The highest BCUT2D eigenvalue weighted by molar-refractivity contribution is 6.41. The second-order valence-electron chi connectivity index (χ2n) is 2.16. The summed E-state index contributed by atoms with van der Waals surface area (Å²) in [5, 5.41) is 11.6. The van der Waals surface area contributed by atoms with Crippen molar-refractivity contribution in [2.45, 2.75) is 20.3 Å². The lowest BCUT2D eigenvalue weighted by Crippen LogP contribution is -2.12. The van der Waals surface area contributed by atoms with Crippen LogP contribution >= 0.6 is 0 Å². The van der Waals surface area contributed by atoms with Gasteiger partial charge < -0.3 is 10.9 Å². The largest absolute Gasteiger partial charge is 0.411 e. The minimum Gasteiger partial charge on any atom is -0.411 e. The van der Waals surface area contributed by atoms with Gasteiger partial charge in [-0.05, 0) is 13.3 Å². The van der Waals surface area contributed by atoms with Crippen LogP contribution in [0.4, 0.5) is 0 Å². The summed E-state index contributed by atoms with van der Waals surface area (Å²) in [6, 6.07) is 0. The molecule has 64 valence electrons. The molecule has 0 saturated heterocycles. The molecule has 0 aromatic heterocycles. The van der Waals surface area contributed by atoms with E-state index in [-0.39, 0.29) is 0 Å². The van der Waals surface area contributed by atoms with Crippen molar-refractivity contribution in [3.8, 4) is 0 Å². The van der Waals surface area contributed by atoms with Crippen LogP contribution in [-0.4, -0.2) is 29.7 Å². The van der Waals surface area contributed by atoms with Crippen LogP contribution in [0.5, 0.6) is 0 Å². The van der Waals surface area contributed by atoms with Gasteiger partial charge in [0, 0.05) is 6.54 Å². The van der Waals surface area contributed by atoms with Crippen LogP contribution in [0, 0.1) is 0 Å². The highest BCUT2D eigenvalue weighted by atomic mass is 16.4. The summed E-state index contributed by atoms with van der Waals surface area (Å²) >= 11 is 0. The monoisotopic (exact) mass is 157 g/mol. The minimum atomic E-state index is 0.528. The Morgan fingerprint density at radius 3 is 2.55 bits per heavy atom. The summed E-state index contributed by atoms with van der Waals surface area (Å²) in [7, 11) is 0. The molecule has 4 heteroatoms. The van der Waals surface area contributed by atoms with Gasteiger partial charge in [0.1, 0.15) is 0 Å². The molecular weight excluding hydrogens is 142 g/mol. The van der Waals surface area contributed by atoms with Crippen molar-refractivity contribution in [2.75, 3.05) is 13.1 Å². The third-order valence-electron chi connectivity index (χ3n) is 1.35. The third kappa shape index (κ3) is 3.72. The zero-order valence-electron chi connectivity index (χ0n) is 7.04. The molecule has 0 saturated carbocycles. The quantitative estimate of drug-likeness (QED) is 0.357. The third-order valence-corrected chi connectivity index (χ3v) is 1.35. The molecule has 0 radical (unpaired) electrons. The molecule has 4 nitrogen and oxygen atoms in total. The molecule has 0 fully saturated rings. The maximum absolute atomic E-state index is 8.47. The molecule has 3 N–H and O–H groups in total. The molecule has 0 aromatic rings. The molecule has 0 unspecified atom stereocenters. The topological polar surface area (TPSA) is 71.0 Å². The van der Waals surface area contributed by atoms with Crippen molar-refractivity contribution in [3.05, 3.63) is 0 Å². The lowest BCUT2D eigenvalue weighted by atomic mass is 10.2. The number of rotatable bonds is 4. The molecule has 0 spiro atoms. The van der Waals surface area contributed by atoms with E-state index in [1.165, 1.54) is 0 Å². The Balaban J connectivity index is 4.08. The van der Waals surface area contributed by atoms with Gasteiger partial charge in [-0.3, -0.25) is 4.99 Å². The van der Waals surface area contributed by atoms with Gasteiger partial charge in [-0.25, -0.2) is 0 Å². The summed E-state index contributed by atoms with van der Waals surface area (Å²) < 4.78 is 0. The average Bonchev–Trinajstić information content (AvgIpc) is 2.03. The molecule has 0 bridgehead atoms. The zero-order chi connectivity index (χ0) is 8.69. The zero-order valence-corrected chi connectivity index (χ0v) is 7.04. The fourth-order valence-electron chi connectivity index (χ4n) is 0.722. The molecule has 0 rings (SSSR count). The second-order valence-corrected chi connectivity index (χ2v) is 2.16. The smallest absolute Gasteiger partial charge is 0.0999 e. The average molecular weight is 157 g/mol. The lowest BCUT2D eigenvalue weighted by molar-refractivity contribution is 0.319. The van der Waals surface area contributed by atoms with Crippen LogP contribution in [0.25, 0.3) is 0 Å². The summed E-state index contributed by atoms with van der Waals surface area (Å²) in [5.74, 6) is 0. The van der Waals surface area contributed by atoms with Gasteiger partial charge in [-0.15, -0.1) is 0 Å². The highest BCUT2D eigenvalue weighted by Crippen LogP contribution is 1.89. The fraction of sp³-hybridized carbons (Fsp3) is 0.714. The van der Waals surface area contributed by atoms with E-state index in [9.17, 15) is 0 Å². The van der Waals surface area contributed by atoms with Crippen LogP contribution < -0.4 is 5.73 Å². The van der Waals surface area contributed by atoms with Gasteiger partial charge in [0.15, 0.2) is 0 Å². The van der Waals surface area contributed by atoms with E-state index in [4.69, 9.17) is 10.9 Å². The maximum Gasteiger partial charge on any atom is 0.0999 e. The SMILES string of the molecule is CC/C(=N/O)C(C)=NCCN. The van der Waals surface area contributed by atoms with Gasteiger partial charge in [-0.1, -0.05) is 12.1 Å². The highest BCUT2D eigenvalue weighted by Gasteiger charge is 1.99. The first-order chi connectivity index (χ1) is 5.26. The number of aliphatic imine (C=N–C) groups is 1. The van der Waals surface area contributed by atoms with Gasteiger partial charge >= 0.3 is 0 Å². The first-order valence-electron chi connectivity index (χ1n) is 3.68. The molecule has 0 aromatic carbocycles. The van der Waals surface area contributed by atoms with E-state index in [0.29, 0.717) is 25.2 Å². The number of nitrogens with two attached hydrogens (primary N) is 1. The second kappa shape index (κ2) is 5.85. The summed E-state index contributed by atoms with van der Waals surface area (Å²) in [6.07, 6.45) is 0.691. The summed E-state index contributed by atoms with van der Waals surface area (Å²) in [5.41, 5.74) is 6.64. The van der Waals surface area contributed by atoms with Gasteiger partial charge in [-0.2, -0.15) is 0 Å². The predicted molar refractivity (Wildman–Crippen MR) is 46.5 cm³/mol. The van der Waals surface area contributed by atoms with Crippen LogP contribution in [0.2, 0.25) is 0 Å². The summed E-state index contributed by atoms with van der Waals surface area (Å²) in [6.45, 7) is 4.84. The molecule has 0 aliphatic carbocycles. The number of oxime groups is 1. The standard InChI is InChI=1S/C7H15N3O/c1-3-7(10-11)6(2)9-5-4-8/h11H,3-5,8H2,1-2H3/b9-6?,10-7-. The van der Waals surface area contributed by atoms with Crippen molar-refractivity contribution in [1.82, 2.24) is 0 Å². The van der Waals surface area contributed by atoms with Crippen molar-refractivity contribution in [2.24, 2.45) is 15.9 Å². The van der Waals surface area contributed by atoms with E-state index < -0.39 is 0 Å². The van der Waals surface area contributed by atoms with E-state index >= 15 is 0 Å². The fourth-order valence-corrected chi connectivity index (χ4v) is 0.722. The Morgan fingerprint density at radius 2 is 2.18 bits per heavy atom. The van der Waals surface area contributed by atoms with Crippen molar-refractivity contribution in [1.29, 1.82) is 0 Å². The molecule has 0 amide bonds. The van der Waals surface area contributed by atoms with Crippen molar-refractivity contribution < 1.29 is 5.21 Å². The van der Waals surface area contributed by atoms with E-state index in [1.54, 1.807) is 0 Å². The van der Waals surface area contributed by atoms with E-state index in [2.05, 4.69) is 10.1 Å². The maximum atomic E-state index is 8.47. The van der Waals surface area contributed by atoms with Crippen LogP contribution in [0.1, 0.15) is 20.3 Å². The molecular formula is C7H15N3O. The van der Waals surface area contributed by atoms with Crippen LogP contribution in [0.15, 0.2) is 10.1 Å². The Morgan fingerprint density at radius 1 is 1.55 bits per heavy atom. The first kappa shape index (κ1) is 10.1. The number of nitrogens with zero attached hydrogens (tertiary/aromatic N) is 2. The van der Waals surface area contributed by atoms with E-state index in [1.807, 2.05) is 13.8 Å². The van der Waals surface area contributed by atoms with E-state index in [0.717, 1.165) is 5.71 Å². The Labute approximate surface area is 66.8 Å². The van der Waals surface area contributed by atoms with Gasteiger partial charge in [0.2, 0.25) is 0 Å². The molecule has 0 aliphatic rings. The number of hydrogen-bond acceptors (Lipinski definition) is 4. The Kier molecular flexibility index (Phi) is 5.37. The molecule has 0 atom stereocenters. The molecule has 0 aliphatic heterocycles. The first-order valence-corrected chi connectivity index (χ1v) is 3.68. The number of hydrogen-bond donors (Lipinski definition) is 2. The van der Waals surface area contributed by atoms with Gasteiger partial charge in [0.25, 0.3) is 0 Å². The Hall–Kier alpha value is -0.900. The molecule has 0 heterocycles. The summed E-state index contributed by atoms with van der Waals surface area (Å²) in [4.78, 5) is 4.09. The normalized spacial score (nSPS) is 13.7. The molecule has 11 heavy (non-hydrogen) atoms. The van der Waals surface area contributed by atoms with Crippen molar-refractivity contribution in [3.63, 3.8) is 0 Å². The van der Waals surface area contributed by atoms with Gasteiger partial charge in [0.05, 0.1) is 18.0 Å². The van der Waals surface area contributed by atoms with Crippen LogP contribution in [0.3, 0.4) is 0 Å².